The van der Waals surface area contributed by atoms with Gasteiger partial charge in [-0.2, -0.15) is 0 Å². The molecule has 0 spiro atoms. The maximum Gasteiger partial charge on any atom is 0.0159 e. The van der Waals surface area contributed by atoms with Crippen LogP contribution in [-0.2, 0) is 0 Å². The average molecular weight is 181 g/mol. The van der Waals surface area contributed by atoms with E-state index in [2.05, 4.69) is 26.1 Å². The highest BCUT2D eigenvalue weighted by atomic mass is 15.0. The van der Waals surface area contributed by atoms with E-state index < -0.39 is 0 Å². The summed E-state index contributed by atoms with van der Waals surface area (Å²) >= 11 is 0. The topological polar surface area (TPSA) is 12.0 Å². The Labute approximate surface area is 82.3 Å². The van der Waals surface area contributed by atoms with E-state index in [1.54, 1.807) is 0 Å². The minimum absolute atomic E-state index is 0.571. The summed E-state index contributed by atoms with van der Waals surface area (Å²) in [6, 6.07) is 0.815. The second kappa shape index (κ2) is 3.27. The van der Waals surface area contributed by atoms with Crippen molar-refractivity contribution in [3.63, 3.8) is 0 Å². The van der Waals surface area contributed by atoms with Gasteiger partial charge in [-0.25, -0.2) is 0 Å². The zero-order chi connectivity index (χ0) is 9.47. The predicted octanol–water partition coefficient (Wildman–Crippen LogP) is 2.81. The van der Waals surface area contributed by atoms with Crippen molar-refractivity contribution in [1.82, 2.24) is 5.32 Å². The molecule has 76 valence electrons. The lowest BCUT2D eigenvalue weighted by molar-refractivity contribution is 0.0480. The van der Waals surface area contributed by atoms with Crippen molar-refractivity contribution in [3.05, 3.63) is 0 Å². The van der Waals surface area contributed by atoms with Gasteiger partial charge in [0.05, 0.1) is 0 Å². The van der Waals surface area contributed by atoms with Crippen LogP contribution in [0.25, 0.3) is 0 Å². The van der Waals surface area contributed by atoms with Crippen LogP contribution in [0.3, 0.4) is 0 Å². The van der Waals surface area contributed by atoms with Crippen molar-refractivity contribution in [2.45, 2.75) is 52.5 Å². The molecule has 0 aromatic heterocycles. The van der Waals surface area contributed by atoms with E-state index in [1.165, 1.54) is 32.2 Å². The molecule has 13 heavy (non-hydrogen) atoms. The van der Waals surface area contributed by atoms with Crippen LogP contribution in [0.5, 0.6) is 0 Å². The van der Waals surface area contributed by atoms with Gasteiger partial charge in [-0.05, 0) is 30.1 Å². The summed E-state index contributed by atoms with van der Waals surface area (Å²) in [4.78, 5) is 0. The molecule has 1 saturated heterocycles. The van der Waals surface area contributed by atoms with Crippen LogP contribution in [0.1, 0.15) is 46.5 Å². The second-order valence-electron chi connectivity index (χ2n) is 5.88. The largest absolute Gasteiger partial charge is 0.313 e. The predicted molar refractivity (Wildman–Crippen MR) is 56.7 cm³/mol. The summed E-state index contributed by atoms with van der Waals surface area (Å²) in [5.74, 6) is 1.93. The summed E-state index contributed by atoms with van der Waals surface area (Å²) in [6.07, 6.45) is 5.84. The molecule has 0 bridgehead atoms. The van der Waals surface area contributed by atoms with Crippen molar-refractivity contribution < 1.29 is 0 Å². The van der Waals surface area contributed by atoms with Crippen LogP contribution in [0.15, 0.2) is 0 Å². The molecule has 0 aromatic rings. The molecular formula is C12H23N. The van der Waals surface area contributed by atoms with E-state index in [0.29, 0.717) is 5.41 Å². The molecule has 2 aliphatic rings. The molecule has 2 rings (SSSR count). The summed E-state index contributed by atoms with van der Waals surface area (Å²) in [6.45, 7) is 8.46. The van der Waals surface area contributed by atoms with Gasteiger partial charge in [-0.1, -0.05) is 33.6 Å². The van der Waals surface area contributed by atoms with Gasteiger partial charge in [0.1, 0.15) is 0 Å². The van der Waals surface area contributed by atoms with Crippen LogP contribution in [0, 0.1) is 17.3 Å². The zero-order valence-electron chi connectivity index (χ0n) is 9.27. The molecule has 0 amide bonds. The van der Waals surface area contributed by atoms with Crippen molar-refractivity contribution in [1.29, 1.82) is 0 Å². The Morgan fingerprint density at radius 2 is 2.00 bits per heavy atom. The van der Waals surface area contributed by atoms with Crippen LogP contribution >= 0.6 is 0 Å². The normalized spacial score (nSPS) is 44.1. The van der Waals surface area contributed by atoms with Gasteiger partial charge < -0.3 is 5.32 Å². The Kier molecular flexibility index (Phi) is 2.39. The molecule has 1 heterocycles. The molecule has 1 N–H and O–H groups in total. The maximum atomic E-state index is 3.63. The van der Waals surface area contributed by atoms with Gasteiger partial charge in [0.15, 0.2) is 0 Å². The fourth-order valence-corrected chi connectivity index (χ4v) is 3.22. The first kappa shape index (κ1) is 9.51. The highest BCUT2D eigenvalue weighted by Crippen LogP contribution is 2.40. The molecule has 1 nitrogen and oxygen atoms in total. The molecule has 1 heteroatoms. The minimum Gasteiger partial charge on any atom is -0.313 e. The molecule has 3 atom stereocenters. The first-order valence-electron chi connectivity index (χ1n) is 5.83. The van der Waals surface area contributed by atoms with Gasteiger partial charge in [0, 0.05) is 12.6 Å². The monoisotopic (exact) mass is 181 g/mol. The van der Waals surface area contributed by atoms with E-state index >= 15 is 0 Å². The third kappa shape index (κ3) is 1.76. The molecule has 1 saturated carbocycles. The Morgan fingerprint density at radius 3 is 2.46 bits per heavy atom. The fraction of sp³-hybridized carbons (Fsp3) is 1.00. The van der Waals surface area contributed by atoms with Crippen molar-refractivity contribution in [2.24, 2.45) is 17.3 Å². The molecule has 1 aliphatic heterocycles. The number of hydrogen-bond acceptors (Lipinski definition) is 1. The SMILES string of the molecule is CC1CCCC(C2NCC2(C)C)C1. The lowest BCUT2D eigenvalue weighted by Crippen LogP contribution is -2.63. The van der Waals surface area contributed by atoms with Crippen LogP contribution in [0.4, 0.5) is 0 Å². The molecule has 3 unspecified atom stereocenters. The average Bonchev–Trinajstić information content (AvgIpc) is 2.02. The smallest absolute Gasteiger partial charge is 0.0159 e. The quantitative estimate of drug-likeness (QED) is 0.656. The number of rotatable bonds is 1. The maximum absolute atomic E-state index is 3.63. The molecule has 0 aromatic carbocycles. The highest BCUT2D eigenvalue weighted by molar-refractivity contribution is 5.00. The van der Waals surface area contributed by atoms with Gasteiger partial charge in [0.25, 0.3) is 0 Å². The Morgan fingerprint density at radius 1 is 1.23 bits per heavy atom. The Bertz CT molecular complexity index is 186. The van der Waals surface area contributed by atoms with E-state index in [-0.39, 0.29) is 0 Å². The fourth-order valence-electron chi connectivity index (χ4n) is 3.22. The van der Waals surface area contributed by atoms with Gasteiger partial charge in [-0.3, -0.25) is 0 Å². The van der Waals surface area contributed by atoms with Crippen molar-refractivity contribution >= 4 is 0 Å². The number of nitrogens with one attached hydrogen (secondary N) is 1. The van der Waals surface area contributed by atoms with E-state index in [0.717, 1.165) is 17.9 Å². The van der Waals surface area contributed by atoms with E-state index in [4.69, 9.17) is 0 Å². The summed E-state index contributed by atoms with van der Waals surface area (Å²) in [7, 11) is 0. The molecule has 2 fully saturated rings. The Balaban J connectivity index is 1.93. The van der Waals surface area contributed by atoms with Gasteiger partial charge in [0.2, 0.25) is 0 Å². The van der Waals surface area contributed by atoms with Gasteiger partial charge in [-0.15, -0.1) is 0 Å². The lowest BCUT2D eigenvalue weighted by atomic mass is 9.65. The molecule has 1 aliphatic carbocycles. The summed E-state index contributed by atoms with van der Waals surface area (Å²) < 4.78 is 0. The second-order valence-corrected chi connectivity index (χ2v) is 5.88. The van der Waals surface area contributed by atoms with Crippen LogP contribution in [0.2, 0.25) is 0 Å². The third-order valence-electron chi connectivity index (χ3n) is 4.07. The molecule has 0 radical (unpaired) electrons. The van der Waals surface area contributed by atoms with Crippen molar-refractivity contribution in [2.75, 3.05) is 6.54 Å². The summed E-state index contributed by atoms with van der Waals surface area (Å²) in [5.41, 5.74) is 0.571. The van der Waals surface area contributed by atoms with Crippen molar-refractivity contribution in [3.8, 4) is 0 Å². The summed E-state index contributed by atoms with van der Waals surface area (Å²) in [5, 5.41) is 3.63. The standard InChI is InChI=1S/C12H23N/c1-9-5-4-6-10(7-9)11-12(2,3)8-13-11/h9-11,13H,4-8H2,1-3H3. The van der Waals surface area contributed by atoms with Crippen LogP contribution < -0.4 is 5.32 Å². The van der Waals surface area contributed by atoms with E-state index in [1.807, 2.05) is 0 Å². The minimum atomic E-state index is 0.571. The number of hydrogen-bond donors (Lipinski definition) is 1. The first-order valence-corrected chi connectivity index (χ1v) is 5.83. The lowest BCUT2D eigenvalue weighted by Gasteiger charge is -2.51. The Hall–Kier alpha value is -0.0400. The van der Waals surface area contributed by atoms with Crippen LogP contribution in [-0.4, -0.2) is 12.6 Å². The zero-order valence-corrected chi connectivity index (χ0v) is 9.27. The highest BCUT2D eigenvalue weighted by Gasteiger charge is 2.43. The van der Waals surface area contributed by atoms with E-state index in [9.17, 15) is 0 Å². The first-order chi connectivity index (χ1) is 6.09. The third-order valence-corrected chi connectivity index (χ3v) is 4.07. The molecular weight excluding hydrogens is 158 g/mol. The van der Waals surface area contributed by atoms with Gasteiger partial charge >= 0.3 is 0 Å².